The van der Waals surface area contributed by atoms with Gasteiger partial charge in [-0.1, -0.05) is 0 Å². The molecule has 1 aromatic heterocycles. The predicted octanol–water partition coefficient (Wildman–Crippen LogP) is 2.67. The summed E-state index contributed by atoms with van der Waals surface area (Å²) in [6.45, 7) is 2.49. The van der Waals surface area contributed by atoms with Crippen molar-refractivity contribution in [3.8, 4) is 5.75 Å². The van der Waals surface area contributed by atoms with Crippen LogP contribution in [-0.4, -0.2) is 9.78 Å². The normalized spacial score (nSPS) is 10.8. The zero-order valence-electron chi connectivity index (χ0n) is 10.8. The zero-order chi connectivity index (χ0) is 14.0. The van der Waals surface area contributed by atoms with E-state index in [2.05, 4.69) is 21.0 Å². The summed E-state index contributed by atoms with van der Waals surface area (Å²) < 4.78 is 21.5. The first-order valence-corrected chi connectivity index (χ1v) is 6.61. The molecule has 4 nitrogen and oxygen atoms in total. The molecule has 0 atom stereocenters. The molecule has 0 aliphatic rings. The summed E-state index contributed by atoms with van der Waals surface area (Å²) in [6.07, 6.45) is 0. The minimum absolute atomic E-state index is 0.235. The molecule has 0 radical (unpaired) electrons. The van der Waals surface area contributed by atoms with Gasteiger partial charge in [0.15, 0.2) is 0 Å². The molecule has 0 spiro atoms. The Morgan fingerprint density at radius 1 is 1.47 bits per heavy atom. The van der Waals surface area contributed by atoms with Crippen LogP contribution in [0.25, 0.3) is 0 Å². The van der Waals surface area contributed by atoms with Crippen LogP contribution in [-0.2, 0) is 20.2 Å². The molecule has 0 fully saturated rings. The van der Waals surface area contributed by atoms with E-state index in [-0.39, 0.29) is 12.4 Å². The quantitative estimate of drug-likeness (QED) is 0.939. The maximum atomic E-state index is 13.1. The fraction of sp³-hybridized carbons (Fsp3) is 0.308. The van der Waals surface area contributed by atoms with E-state index >= 15 is 0 Å². The van der Waals surface area contributed by atoms with Crippen LogP contribution in [0, 0.1) is 12.7 Å². The fourth-order valence-electron chi connectivity index (χ4n) is 1.83. The molecule has 102 valence electrons. The van der Waals surface area contributed by atoms with E-state index in [1.54, 1.807) is 10.7 Å². The van der Waals surface area contributed by atoms with E-state index in [0.29, 0.717) is 17.9 Å². The Labute approximate surface area is 119 Å². The first kappa shape index (κ1) is 14.0. The maximum Gasteiger partial charge on any atom is 0.131 e. The predicted molar refractivity (Wildman–Crippen MR) is 74.3 cm³/mol. The minimum Gasteiger partial charge on any atom is -0.487 e. The van der Waals surface area contributed by atoms with Gasteiger partial charge in [-0.15, -0.1) is 0 Å². The number of halogens is 2. The first-order valence-electron chi connectivity index (χ1n) is 5.82. The van der Waals surface area contributed by atoms with Crippen molar-refractivity contribution < 1.29 is 9.13 Å². The molecular formula is C13H15BrFN3O. The molecule has 1 aromatic carbocycles. The van der Waals surface area contributed by atoms with Crippen molar-refractivity contribution in [1.29, 1.82) is 0 Å². The molecule has 2 aromatic rings. The third-order valence-corrected chi connectivity index (χ3v) is 3.90. The first-order chi connectivity index (χ1) is 9.02. The van der Waals surface area contributed by atoms with Gasteiger partial charge in [0.2, 0.25) is 0 Å². The van der Waals surface area contributed by atoms with E-state index in [1.807, 2.05) is 14.0 Å². The van der Waals surface area contributed by atoms with Gasteiger partial charge in [-0.2, -0.15) is 5.10 Å². The van der Waals surface area contributed by atoms with Gasteiger partial charge in [0.1, 0.15) is 18.2 Å². The number of nitrogens with two attached hydrogens (primary N) is 1. The smallest absolute Gasteiger partial charge is 0.131 e. The Bertz CT molecular complexity index is 598. The van der Waals surface area contributed by atoms with Gasteiger partial charge in [-0.05, 0) is 41.1 Å². The highest BCUT2D eigenvalue weighted by Gasteiger charge is 2.12. The van der Waals surface area contributed by atoms with Gasteiger partial charge < -0.3 is 10.5 Å². The van der Waals surface area contributed by atoms with Crippen LogP contribution in [0.2, 0.25) is 0 Å². The van der Waals surface area contributed by atoms with Crippen LogP contribution >= 0.6 is 15.9 Å². The lowest BCUT2D eigenvalue weighted by Crippen LogP contribution is -2.06. The van der Waals surface area contributed by atoms with Crippen molar-refractivity contribution in [3.63, 3.8) is 0 Å². The number of nitrogens with zero attached hydrogens (tertiary/aromatic N) is 2. The number of rotatable bonds is 4. The van der Waals surface area contributed by atoms with Gasteiger partial charge in [-0.25, -0.2) is 4.39 Å². The molecule has 1 heterocycles. The Hall–Kier alpha value is -1.40. The third kappa shape index (κ3) is 2.96. The number of hydrogen-bond donors (Lipinski definition) is 1. The van der Waals surface area contributed by atoms with Crippen molar-refractivity contribution in [2.75, 3.05) is 0 Å². The second-order valence-corrected chi connectivity index (χ2v) is 5.01. The van der Waals surface area contributed by atoms with Gasteiger partial charge in [-0.3, -0.25) is 4.68 Å². The number of aromatic nitrogens is 2. The topological polar surface area (TPSA) is 53.1 Å². The monoisotopic (exact) mass is 327 g/mol. The standard InChI is InChI=1S/C13H15BrFN3O/c1-8-13(14)11(18(2)17-8)7-19-12-4-3-10(15)5-9(12)6-16/h3-5H,6-7,16H2,1-2H3. The van der Waals surface area contributed by atoms with E-state index in [1.165, 1.54) is 12.1 Å². The lowest BCUT2D eigenvalue weighted by atomic mass is 10.2. The summed E-state index contributed by atoms with van der Waals surface area (Å²) in [5, 5.41) is 4.28. The van der Waals surface area contributed by atoms with Crippen LogP contribution in [0.4, 0.5) is 4.39 Å². The molecule has 0 unspecified atom stereocenters. The molecule has 6 heteroatoms. The van der Waals surface area contributed by atoms with Crippen LogP contribution in [0.3, 0.4) is 0 Å². The highest BCUT2D eigenvalue weighted by Crippen LogP contribution is 2.24. The van der Waals surface area contributed by atoms with Crippen LogP contribution in [0.1, 0.15) is 17.0 Å². The summed E-state index contributed by atoms with van der Waals surface area (Å²) in [5.74, 6) is 0.278. The summed E-state index contributed by atoms with van der Waals surface area (Å²) in [6, 6.07) is 4.34. The molecule has 0 saturated carbocycles. The van der Waals surface area contributed by atoms with Crippen molar-refractivity contribution >= 4 is 15.9 Å². The fourth-order valence-corrected chi connectivity index (χ4v) is 2.28. The number of hydrogen-bond acceptors (Lipinski definition) is 3. The number of aryl methyl sites for hydroxylation is 2. The Balaban J connectivity index is 2.19. The SMILES string of the molecule is Cc1nn(C)c(COc2ccc(F)cc2CN)c1Br. The summed E-state index contributed by atoms with van der Waals surface area (Å²) in [7, 11) is 1.85. The van der Waals surface area contributed by atoms with Crippen LogP contribution < -0.4 is 10.5 Å². The molecule has 0 saturated heterocycles. The number of benzene rings is 1. The zero-order valence-corrected chi connectivity index (χ0v) is 12.4. The highest BCUT2D eigenvalue weighted by molar-refractivity contribution is 9.10. The van der Waals surface area contributed by atoms with E-state index in [0.717, 1.165) is 15.9 Å². The summed E-state index contributed by atoms with van der Waals surface area (Å²) in [4.78, 5) is 0. The third-order valence-electron chi connectivity index (χ3n) is 2.87. The molecule has 0 aliphatic heterocycles. The molecule has 0 amide bonds. The minimum atomic E-state index is -0.314. The van der Waals surface area contributed by atoms with E-state index < -0.39 is 0 Å². The van der Waals surface area contributed by atoms with Gasteiger partial charge >= 0.3 is 0 Å². The Morgan fingerprint density at radius 3 is 2.79 bits per heavy atom. The Kier molecular flexibility index (Phi) is 4.21. The van der Waals surface area contributed by atoms with Crippen molar-refractivity contribution in [3.05, 3.63) is 45.4 Å². The molecule has 0 bridgehead atoms. The molecule has 0 aliphatic carbocycles. The lowest BCUT2D eigenvalue weighted by molar-refractivity contribution is 0.290. The second kappa shape index (κ2) is 5.71. The lowest BCUT2D eigenvalue weighted by Gasteiger charge is -2.11. The Morgan fingerprint density at radius 2 is 2.21 bits per heavy atom. The van der Waals surface area contributed by atoms with Crippen molar-refractivity contribution in [1.82, 2.24) is 9.78 Å². The van der Waals surface area contributed by atoms with Gasteiger partial charge in [0.25, 0.3) is 0 Å². The number of ether oxygens (including phenoxy) is 1. The second-order valence-electron chi connectivity index (χ2n) is 4.21. The molecule has 2 rings (SSSR count). The van der Waals surface area contributed by atoms with Crippen molar-refractivity contribution in [2.45, 2.75) is 20.1 Å². The molecular weight excluding hydrogens is 313 g/mol. The molecule has 2 N–H and O–H groups in total. The highest BCUT2D eigenvalue weighted by atomic mass is 79.9. The largest absolute Gasteiger partial charge is 0.487 e. The van der Waals surface area contributed by atoms with E-state index in [9.17, 15) is 4.39 Å². The van der Waals surface area contributed by atoms with Crippen LogP contribution in [0.15, 0.2) is 22.7 Å². The summed E-state index contributed by atoms with van der Waals surface area (Å²) >= 11 is 3.47. The average molecular weight is 328 g/mol. The molecule has 19 heavy (non-hydrogen) atoms. The van der Waals surface area contributed by atoms with Gasteiger partial charge in [0, 0.05) is 19.2 Å². The van der Waals surface area contributed by atoms with E-state index in [4.69, 9.17) is 10.5 Å². The average Bonchev–Trinajstić information content (AvgIpc) is 2.62. The maximum absolute atomic E-state index is 13.1. The van der Waals surface area contributed by atoms with Gasteiger partial charge in [0.05, 0.1) is 15.9 Å². The van der Waals surface area contributed by atoms with Crippen LogP contribution in [0.5, 0.6) is 5.75 Å². The summed E-state index contributed by atoms with van der Waals surface area (Å²) in [5.41, 5.74) is 8.05. The van der Waals surface area contributed by atoms with Crippen molar-refractivity contribution in [2.24, 2.45) is 12.8 Å².